The molecule has 0 heterocycles. The highest BCUT2D eigenvalue weighted by atomic mass is 16.5. The second-order valence-corrected chi connectivity index (χ2v) is 7.92. The molecule has 2 amide bonds. The molecule has 0 saturated carbocycles. The van der Waals surface area contributed by atoms with Crippen LogP contribution in [0, 0.1) is 6.92 Å². The van der Waals surface area contributed by atoms with Crippen LogP contribution in [0.2, 0.25) is 0 Å². The summed E-state index contributed by atoms with van der Waals surface area (Å²) in [6.45, 7) is 12.4. The normalized spacial score (nSPS) is 12.2. The molecule has 0 aromatic heterocycles. The van der Waals surface area contributed by atoms with E-state index in [1.54, 1.807) is 0 Å². The van der Waals surface area contributed by atoms with Crippen LogP contribution in [0.4, 0.5) is 5.69 Å². The highest BCUT2D eigenvalue weighted by molar-refractivity contribution is 6.39. The number of hydrogen-bond acceptors (Lipinski definition) is 3. The molecule has 0 aliphatic rings. The van der Waals surface area contributed by atoms with Crippen LogP contribution in [0.5, 0.6) is 5.75 Å². The van der Waals surface area contributed by atoms with E-state index in [-0.39, 0.29) is 11.5 Å². The number of carbonyl (C=O) groups excluding carboxylic acids is 2. The van der Waals surface area contributed by atoms with Gasteiger partial charge in [0.15, 0.2) is 0 Å². The predicted octanol–water partition coefficient (Wildman–Crippen LogP) is 4.51. The van der Waals surface area contributed by atoms with Crippen LogP contribution in [0.15, 0.2) is 42.5 Å². The number of nitrogens with one attached hydrogen (secondary N) is 2. The Morgan fingerprint density at radius 1 is 1.07 bits per heavy atom. The maximum atomic E-state index is 12.5. The van der Waals surface area contributed by atoms with Crippen LogP contribution in [0.1, 0.15) is 57.4 Å². The van der Waals surface area contributed by atoms with Crippen molar-refractivity contribution in [2.75, 3.05) is 11.9 Å². The average Bonchev–Trinajstić information content (AvgIpc) is 2.62. The zero-order valence-electron chi connectivity index (χ0n) is 17.6. The third kappa shape index (κ3) is 5.35. The maximum absolute atomic E-state index is 12.5. The van der Waals surface area contributed by atoms with Crippen molar-refractivity contribution in [3.05, 3.63) is 59.2 Å². The Morgan fingerprint density at radius 2 is 1.75 bits per heavy atom. The van der Waals surface area contributed by atoms with E-state index < -0.39 is 11.8 Å². The maximum Gasteiger partial charge on any atom is 0.313 e. The van der Waals surface area contributed by atoms with Crippen LogP contribution >= 0.6 is 0 Å². The lowest BCUT2D eigenvalue weighted by atomic mass is 9.86. The molecular formula is C23H30N2O3. The molecule has 1 unspecified atom stereocenters. The fourth-order valence-electron chi connectivity index (χ4n) is 3.06. The summed E-state index contributed by atoms with van der Waals surface area (Å²) in [4.78, 5) is 25.0. The Hall–Kier alpha value is -2.82. The zero-order chi connectivity index (χ0) is 20.9. The molecule has 2 aromatic rings. The minimum Gasteiger partial charge on any atom is -0.494 e. The number of rotatable bonds is 5. The number of anilines is 1. The van der Waals surface area contributed by atoms with Crippen LogP contribution in [-0.4, -0.2) is 18.4 Å². The van der Waals surface area contributed by atoms with Crippen molar-refractivity contribution in [2.24, 2.45) is 0 Å². The zero-order valence-corrected chi connectivity index (χ0v) is 17.6. The van der Waals surface area contributed by atoms with Crippen LogP contribution in [0.3, 0.4) is 0 Å². The lowest BCUT2D eigenvalue weighted by Gasteiger charge is -2.23. The fourth-order valence-corrected chi connectivity index (χ4v) is 3.06. The number of carbonyl (C=O) groups is 2. The Kier molecular flexibility index (Phi) is 6.84. The van der Waals surface area contributed by atoms with E-state index in [0.717, 1.165) is 16.7 Å². The Labute approximate surface area is 167 Å². The summed E-state index contributed by atoms with van der Waals surface area (Å²) in [6.07, 6.45) is 0. The van der Waals surface area contributed by atoms with Crippen LogP contribution in [0.25, 0.3) is 0 Å². The largest absolute Gasteiger partial charge is 0.494 e. The van der Waals surface area contributed by atoms with Crippen molar-refractivity contribution >= 4 is 17.5 Å². The number of benzene rings is 2. The van der Waals surface area contributed by atoms with Gasteiger partial charge in [0.25, 0.3) is 0 Å². The van der Waals surface area contributed by atoms with Gasteiger partial charge in [-0.05, 0) is 43.9 Å². The van der Waals surface area contributed by atoms with E-state index in [9.17, 15) is 9.59 Å². The molecule has 0 radical (unpaired) electrons. The molecule has 0 aliphatic heterocycles. The van der Waals surface area contributed by atoms with Gasteiger partial charge < -0.3 is 15.4 Å². The summed E-state index contributed by atoms with van der Waals surface area (Å²) in [5.74, 6) is -0.659. The van der Waals surface area contributed by atoms with Gasteiger partial charge in [-0.25, -0.2) is 0 Å². The second kappa shape index (κ2) is 8.91. The van der Waals surface area contributed by atoms with E-state index in [2.05, 4.69) is 31.4 Å². The first kappa shape index (κ1) is 21.5. The molecular weight excluding hydrogens is 352 g/mol. The minimum atomic E-state index is -0.686. The van der Waals surface area contributed by atoms with Gasteiger partial charge in [-0.2, -0.15) is 0 Å². The predicted molar refractivity (Wildman–Crippen MR) is 113 cm³/mol. The minimum absolute atomic E-state index is 0.151. The number of ether oxygens (including phenoxy) is 1. The molecule has 2 aromatic carbocycles. The molecule has 28 heavy (non-hydrogen) atoms. The van der Waals surface area contributed by atoms with Crippen molar-refractivity contribution in [3.63, 3.8) is 0 Å². The Balaban J connectivity index is 2.14. The number of amides is 2. The molecule has 5 nitrogen and oxygen atoms in total. The second-order valence-electron chi connectivity index (χ2n) is 7.92. The van der Waals surface area contributed by atoms with Crippen molar-refractivity contribution < 1.29 is 14.3 Å². The molecule has 5 heteroatoms. The lowest BCUT2D eigenvalue weighted by molar-refractivity contribution is -0.136. The van der Waals surface area contributed by atoms with Gasteiger partial charge in [0.1, 0.15) is 5.75 Å². The van der Waals surface area contributed by atoms with Gasteiger partial charge in [0.2, 0.25) is 0 Å². The number of aryl methyl sites for hydroxylation is 1. The molecule has 0 saturated heterocycles. The first-order valence-electron chi connectivity index (χ1n) is 9.58. The van der Waals surface area contributed by atoms with Gasteiger partial charge in [-0.15, -0.1) is 0 Å². The Bertz CT molecular complexity index is 853. The molecule has 0 fully saturated rings. The number of para-hydroxylation sites is 1. The van der Waals surface area contributed by atoms with Gasteiger partial charge in [-0.3, -0.25) is 9.59 Å². The van der Waals surface area contributed by atoms with E-state index in [1.807, 2.05) is 63.2 Å². The smallest absolute Gasteiger partial charge is 0.313 e. The quantitative estimate of drug-likeness (QED) is 0.748. The van der Waals surface area contributed by atoms with Gasteiger partial charge in [0, 0.05) is 11.3 Å². The average molecular weight is 383 g/mol. The van der Waals surface area contributed by atoms with Crippen LogP contribution in [-0.2, 0) is 15.0 Å². The summed E-state index contributed by atoms with van der Waals surface area (Å²) in [7, 11) is 0. The molecule has 2 rings (SSSR count). The summed E-state index contributed by atoms with van der Waals surface area (Å²) in [6, 6.07) is 13.0. The molecule has 1 atom stereocenters. The first-order chi connectivity index (χ1) is 13.1. The highest BCUT2D eigenvalue weighted by Crippen LogP contribution is 2.29. The van der Waals surface area contributed by atoms with E-state index in [4.69, 9.17) is 4.74 Å². The summed E-state index contributed by atoms with van der Waals surface area (Å²) in [5.41, 5.74) is 3.37. The van der Waals surface area contributed by atoms with Crippen molar-refractivity contribution in [2.45, 2.75) is 53.0 Å². The molecule has 0 bridgehead atoms. The van der Waals surface area contributed by atoms with Gasteiger partial charge in [0.05, 0.1) is 12.6 Å². The SMILES string of the molecule is CCOc1ccc(C)cc1C(C)NC(=O)C(=O)Nc1ccccc1C(C)(C)C. The van der Waals surface area contributed by atoms with Gasteiger partial charge >= 0.3 is 11.8 Å². The monoisotopic (exact) mass is 382 g/mol. The van der Waals surface area contributed by atoms with Crippen molar-refractivity contribution in [1.82, 2.24) is 5.32 Å². The van der Waals surface area contributed by atoms with E-state index in [0.29, 0.717) is 18.0 Å². The molecule has 150 valence electrons. The third-order valence-corrected chi connectivity index (χ3v) is 4.47. The topological polar surface area (TPSA) is 67.4 Å². The lowest BCUT2D eigenvalue weighted by Crippen LogP contribution is -2.37. The Morgan fingerprint density at radius 3 is 2.39 bits per heavy atom. The summed E-state index contributed by atoms with van der Waals surface area (Å²) < 4.78 is 5.65. The summed E-state index contributed by atoms with van der Waals surface area (Å²) >= 11 is 0. The number of hydrogen-bond donors (Lipinski definition) is 2. The third-order valence-electron chi connectivity index (χ3n) is 4.47. The highest BCUT2D eigenvalue weighted by Gasteiger charge is 2.23. The van der Waals surface area contributed by atoms with E-state index in [1.165, 1.54) is 0 Å². The van der Waals surface area contributed by atoms with Crippen molar-refractivity contribution in [1.29, 1.82) is 0 Å². The first-order valence-corrected chi connectivity index (χ1v) is 9.58. The van der Waals surface area contributed by atoms with Crippen LogP contribution < -0.4 is 15.4 Å². The summed E-state index contributed by atoms with van der Waals surface area (Å²) in [5, 5.41) is 5.51. The van der Waals surface area contributed by atoms with Crippen molar-refractivity contribution in [3.8, 4) is 5.75 Å². The van der Waals surface area contributed by atoms with Gasteiger partial charge in [-0.1, -0.05) is 56.7 Å². The molecule has 0 aliphatic carbocycles. The fraction of sp³-hybridized carbons (Fsp3) is 0.391. The standard InChI is InChI=1S/C23H30N2O3/c1-7-28-20-13-12-15(2)14-17(20)16(3)24-21(26)22(27)25-19-11-9-8-10-18(19)23(4,5)6/h8-14,16H,7H2,1-6H3,(H,24,26)(H,25,27). The molecule has 2 N–H and O–H groups in total. The van der Waals surface area contributed by atoms with E-state index >= 15 is 0 Å². The molecule has 0 spiro atoms.